The van der Waals surface area contributed by atoms with Crippen LogP contribution in [0.5, 0.6) is 0 Å². The second-order valence-electron chi connectivity index (χ2n) is 6.25. The minimum absolute atomic E-state index is 0.139. The maximum Gasteiger partial charge on any atom is 0.242 e. The number of carbonyl (C=O) groups is 3. The molecule has 0 radical (unpaired) electrons. The quantitative estimate of drug-likeness (QED) is 0.718. The van der Waals surface area contributed by atoms with Crippen LogP contribution in [0.1, 0.15) is 44.2 Å². The molecule has 1 aliphatic heterocycles. The van der Waals surface area contributed by atoms with Crippen molar-refractivity contribution in [1.82, 2.24) is 10.2 Å². The van der Waals surface area contributed by atoms with Gasteiger partial charge in [0.15, 0.2) is 0 Å². The van der Waals surface area contributed by atoms with Gasteiger partial charge < -0.3 is 21.7 Å². The van der Waals surface area contributed by atoms with Crippen LogP contribution in [0.25, 0.3) is 0 Å². The van der Waals surface area contributed by atoms with E-state index in [2.05, 4.69) is 29.6 Å². The zero-order valence-electron chi connectivity index (χ0n) is 16.4. The van der Waals surface area contributed by atoms with Crippen molar-refractivity contribution < 1.29 is 14.4 Å². The molecule has 1 saturated heterocycles. The first kappa shape index (κ1) is 22.6. The molecule has 0 bridgehead atoms. The third-order valence-electron chi connectivity index (χ3n) is 4.53. The molecule has 150 valence electrons. The van der Waals surface area contributed by atoms with Crippen LogP contribution in [0.4, 0.5) is 0 Å². The van der Waals surface area contributed by atoms with Crippen LogP contribution < -0.4 is 16.8 Å². The Hall–Kier alpha value is -2.41. The predicted octanol–water partition coefficient (Wildman–Crippen LogP) is 0.739. The summed E-state index contributed by atoms with van der Waals surface area (Å²) in [6, 6.07) is 8.20. The van der Waals surface area contributed by atoms with Gasteiger partial charge in [0.2, 0.25) is 17.7 Å². The number of rotatable bonds is 4. The van der Waals surface area contributed by atoms with Gasteiger partial charge in [-0.05, 0) is 43.2 Å². The van der Waals surface area contributed by atoms with E-state index in [0.29, 0.717) is 13.0 Å². The minimum Gasteiger partial charge on any atom is -0.368 e. The summed E-state index contributed by atoms with van der Waals surface area (Å²) in [6.07, 6.45) is 5.31. The lowest BCUT2D eigenvalue weighted by molar-refractivity contribution is -0.137. The van der Waals surface area contributed by atoms with Gasteiger partial charge in [0.25, 0.3) is 0 Å². The molecular formula is C20H32N4O3. The molecule has 27 heavy (non-hydrogen) atoms. The number of primary amides is 1. The lowest BCUT2D eigenvalue weighted by Crippen LogP contribution is -2.48. The maximum atomic E-state index is 11.6. The Labute approximate surface area is 161 Å². The summed E-state index contributed by atoms with van der Waals surface area (Å²) in [7, 11) is 0. The van der Waals surface area contributed by atoms with Crippen molar-refractivity contribution in [2.45, 2.75) is 52.0 Å². The summed E-state index contributed by atoms with van der Waals surface area (Å²) in [5, 5.41) is 2.36. The van der Waals surface area contributed by atoms with Gasteiger partial charge in [-0.15, -0.1) is 0 Å². The van der Waals surface area contributed by atoms with Crippen LogP contribution in [0, 0.1) is 0 Å². The Balaban J connectivity index is 0.000000277. The van der Waals surface area contributed by atoms with E-state index < -0.39 is 17.9 Å². The van der Waals surface area contributed by atoms with Gasteiger partial charge in [0.05, 0.1) is 13.1 Å². The highest BCUT2D eigenvalue weighted by Crippen LogP contribution is 2.20. The van der Waals surface area contributed by atoms with Crippen molar-refractivity contribution in [3.63, 3.8) is 0 Å². The van der Waals surface area contributed by atoms with E-state index in [0.717, 1.165) is 6.42 Å². The fourth-order valence-electron chi connectivity index (χ4n) is 3.22. The number of carbonyl (C=O) groups excluding carboxylic acids is 3. The Morgan fingerprint density at radius 1 is 1.11 bits per heavy atom. The van der Waals surface area contributed by atoms with Crippen LogP contribution >= 0.6 is 0 Å². The number of aryl methyl sites for hydroxylation is 2. The van der Waals surface area contributed by atoms with Gasteiger partial charge in [-0.25, -0.2) is 0 Å². The van der Waals surface area contributed by atoms with E-state index in [1.165, 1.54) is 24.2 Å². The first-order valence-electron chi connectivity index (χ1n) is 9.65. The van der Waals surface area contributed by atoms with Crippen LogP contribution in [0.2, 0.25) is 0 Å². The zero-order valence-corrected chi connectivity index (χ0v) is 16.4. The highest BCUT2D eigenvalue weighted by molar-refractivity contribution is 5.90. The number of likely N-dealkylation sites (tertiary alicyclic amines) is 1. The number of amides is 3. The molecule has 3 amide bonds. The Morgan fingerprint density at radius 3 is 2.22 bits per heavy atom. The number of nitrogens with two attached hydrogens (primary N) is 2. The van der Waals surface area contributed by atoms with Crippen molar-refractivity contribution in [3.05, 3.63) is 35.4 Å². The summed E-state index contributed by atoms with van der Waals surface area (Å²) >= 11 is 0. The van der Waals surface area contributed by atoms with Crippen molar-refractivity contribution in [3.8, 4) is 0 Å². The van der Waals surface area contributed by atoms with E-state index in [4.69, 9.17) is 11.5 Å². The molecule has 3 rings (SSSR count). The van der Waals surface area contributed by atoms with Crippen molar-refractivity contribution in [2.24, 2.45) is 11.5 Å². The number of benzene rings is 1. The molecule has 2 aliphatic rings. The lowest BCUT2D eigenvalue weighted by atomic mass is 10.1. The molecule has 1 aliphatic carbocycles. The molecule has 0 aromatic heterocycles. The van der Waals surface area contributed by atoms with E-state index in [9.17, 15) is 14.4 Å². The first-order valence-corrected chi connectivity index (χ1v) is 9.65. The zero-order chi connectivity index (χ0) is 20.2. The molecule has 7 heteroatoms. The summed E-state index contributed by atoms with van der Waals surface area (Å²) in [5.74, 6) is -1.21. The lowest BCUT2D eigenvalue weighted by Gasteiger charge is -2.22. The molecule has 0 spiro atoms. The smallest absolute Gasteiger partial charge is 0.242 e. The largest absolute Gasteiger partial charge is 0.368 e. The third-order valence-corrected chi connectivity index (χ3v) is 4.53. The molecule has 5 N–H and O–H groups in total. The Morgan fingerprint density at radius 2 is 1.70 bits per heavy atom. The van der Waals surface area contributed by atoms with Gasteiger partial charge in [0.1, 0.15) is 6.04 Å². The average molecular weight is 377 g/mol. The van der Waals surface area contributed by atoms with Crippen molar-refractivity contribution in [1.29, 1.82) is 0 Å². The van der Waals surface area contributed by atoms with E-state index in [1.807, 2.05) is 13.8 Å². The molecule has 7 nitrogen and oxygen atoms in total. The summed E-state index contributed by atoms with van der Waals surface area (Å²) < 4.78 is 0. The predicted molar refractivity (Wildman–Crippen MR) is 106 cm³/mol. The van der Waals surface area contributed by atoms with Crippen molar-refractivity contribution in [2.75, 3.05) is 19.6 Å². The fraction of sp³-hybridized carbons (Fsp3) is 0.550. The Kier molecular flexibility index (Phi) is 10.1. The number of hydrogen-bond donors (Lipinski definition) is 3. The Bertz CT molecular complexity index is 610. The summed E-state index contributed by atoms with van der Waals surface area (Å²) in [5.41, 5.74) is 13.4. The van der Waals surface area contributed by atoms with Gasteiger partial charge >= 0.3 is 0 Å². The molecular weight excluding hydrogens is 344 g/mol. The van der Waals surface area contributed by atoms with Crippen LogP contribution in [0.15, 0.2) is 24.3 Å². The van der Waals surface area contributed by atoms with Gasteiger partial charge in [0, 0.05) is 6.54 Å². The fourth-order valence-corrected chi connectivity index (χ4v) is 3.22. The number of fused-ring (bicyclic) bond motifs is 1. The monoisotopic (exact) mass is 376 g/mol. The molecule has 1 unspecified atom stereocenters. The highest BCUT2D eigenvalue weighted by Gasteiger charge is 2.32. The van der Waals surface area contributed by atoms with Gasteiger partial charge in [-0.1, -0.05) is 38.1 Å². The number of nitrogens with one attached hydrogen (secondary N) is 1. The van der Waals surface area contributed by atoms with Crippen LogP contribution in [-0.4, -0.2) is 48.3 Å². The normalized spacial score (nSPS) is 17.0. The second-order valence-corrected chi connectivity index (χ2v) is 6.25. The molecule has 0 saturated carbocycles. The summed E-state index contributed by atoms with van der Waals surface area (Å²) in [4.78, 5) is 34.9. The standard InChI is InChI=1S/C9H16N4O3.C9H10.C2H6/c10-4-7(14)12-5-8(15)13-3-1-2-6(13)9(11)16;1-2-5-9-7-3-6-8(9)4-1;1-2/h6H,1-5,10H2,(H2,11,16)(H,12,14);1-2,4-5H,3,6-7H2;1-2H3. The van der Waals surface area contributed by atoms with Gasteiger partial charge in [-0.2, -0.15) is 0 Å². The van der Waals surface area contributed by atoms with E-state index in [-0.39, 0.29) is 19.0 Å². The van der Waals surface area contributed by atoms with Gasteiger partial charge in [-0.3, -0.25) is 14.4 Å². The molecule has 1 heterocycles. The van der Waals surface area contributed by atoms with Crippen molar-refractivity contribution >= 4 is 17.7 Å². The average Bonchev–Trinajstić information content (AvgIpc) is 3.37. The molecule has 1 fully saturated rings. The second kappa shape index (κ2) is 12.1. The third kappa shape index (κ3) is 7.02. The number of hydrogen-bond acceptors (Lipinski definition) is 4. The highest BCUT2D eigenvalue weighted by atomic mass is 16.2. The minimum atomic E-state index is -0.540. The topological polar surface area (TPSA) is 119 Å². The van der Waals surface area contributed by atoms with Crippen LogP contribution in [0.3, 0.4) is 0 Å². The number of nitrogens with zero attached hydrogens (tertiary/aromatic N) is 1. The van der Waals surface area contributed by atoms with E-state index >= 15 is 0 Å². The molecule has 1 aromatic carbocycles. The summed E-state index contributed by atoms with van der Waals surface area (Å²) in [6.45, 7) is 4.21. The van der Waals surface area contributed by atoms with E-state index in [1.54, 1.807) is 11.1 Å². The molecule has 1 atom stereocenters. The maximum absolute atomic E-state index is 11.6. The molecule has 1 aromatic rings. The van der Waals surface area contributed by atoms with Crippen LogP contribution in [-0.2, 0) is 27.2 Å². The SMILES string of the molecule is CC.NCC(=O)NCC(=O)N1CCCC1C(N)=O.c1ccc2c(c1)CCC2. The first-order chi connectivity index (χ1) is 13.0.